The molecule has 0 radical (unpaired) electrons. The lowest BCUT2D eigenvalue weighted by molar-refractivity contribution is 0.170. The molecule has 1 aliphatic heterocycles. The molecule has 1 saturated carbocycles. The van der Waals surface area contributed by atoms with Gasteiger partial charge in [-0.15, -0.1) is 0 Å². The SMILES string of the molecule is NC(=NCc1cc(Br)c2c(c1)OCCO2)NC1CCCC1. The van der Waals surface area contributed by atoms with Gasteiger partial charge in [-0.25, -0.2) is 4.99 Å². The molecule has 1 aromatic carbocycles. The first-order valence-corrected chi connectivity index (χ1v) is 8.16. The first kappa shape index (κ1) is 14.5. The Morgan fingerprint density at radius 3 is 2.86 bits per heavy atom. The Labute approximate surface area is 133 Å². The van der Waals surface area contributed by atoms with E-state index in [0.29, 0.717) is 31.8 Å². The van der Waals surface area contributed by atoms with Crippen LogP contribution in [-0.2, 0) is 6.54 Å². The quantitative estimate of drug-likeness (QED) is 0.647. The number of rotatable bonds is 3. The van der Waals surface area contributed by atoms with E-state index in [-0.39, 0.29) is 0 Å². The van der Waals surface area contributed by atoms with Gasteiger partial charge in [-0.3, -0.25) is 0 Å². The van der Waals surface area contributed by atoms with Crippen molar-refractivity contribution in [2.45, 2.75) is 38.3 Å². The Bertz CT molecular complexity index is 542. The lowest BCUT2D eigenvalue weighted by Gasteiger charge is -2.20. The van der Waals surface area contributed by atoms with E-state index in [1.165, 1.54) is 25.7 Å². The zero-order valence-electron chi connectivity index (χ0n) is 11.9. The second-order valence-corrected chi connectivity index (χ2v) is 6.28. The summed E-state index contributed by atoms with van der Waals surface area (Å²) in [6.07, 6.45) is 4.93. The fourth-order valence-corrected chi connectivity index (χ4v) is 3.36. The fraction of sp³-hybridized carbons (Fsp3) is 0.533. The van der Waals surface area contributed by atoms with E-state index in [9.17, 15) is 0 Å². The molecular weight excluding hydrogens is 334 g/mol. The van der Waals surface area contributed by atoms with Gasteiger partial charge in [-0.1, -0.05) is 12.8 Å². The second-order valence-electron chi connectivity index (χ2n) is 5.43. The summed E-state index contributed by atoms with van der Waals surface area (Å²) in [5.74, 6) is 2.06. The summed E-state index contributed by atoms with van der Waals surface area (Å²) in [5, 5.41) is 3.29. The average molecular weight is 354 g/mol. The third-order valence-electron chi connectivity index (χ3n) is 3.80. The maximum atomic E-state index is 5.95. The Kier molecular flexibility index (Phi) is 4.53. The second kappa shape index (κ2) is 6.56. The zero-order chi connectivity index (χ0) is 14.7. The van der Waals surface area contributed by atoms with Gasteiger partial charge in [-0.2, -0.15) is 0 Å². The third kappa shape index (κ3) is 3.61. The monoisotopic (exact) mass is 353 g/mol. The Balaban J connectivity index is 1.65. The highest BCUT2D eigenvalue weighted by Crippen LogP contribution is 2.38. The molecule has 0 saturated heterocycles. The van der Waals surface area contributed by atoms with Gasteiger partial charge in [0.05, 0.1) is 11.0 Å². The van der Waals surface area contributed by atoms with E-state index in [1.807, 2.05) is 12.1 Å². The first-order valence-electron chi connectivity index (χ1n) is 7.37. The van der Waals surface area contributed by atoms with Crippen molar-refractivity contribution in [3.8, 4) is 11.5 Å². The summed E-state index contributed by atoms with van der Waals surface area (Å²) in [6, 6.07) is 4.45. The van der Waals surface area contributed by atoms with E-state index in [2.05, 4.69) is 26.2 Å². The number of nitrogens with one attached hydrogen (secondary N) is 1. The molecule has 1 fully saturated rings. The van der Waals surface area contributed by atoms with Crippen molar-refractivity contribution in [2.75, 3.05) is 13.2 Å². The highest BCUT2D eigenvalue weighted by molar-refractivity contribution is 9.10. The molecule has 1 aliphatic carbocycles. The fourth-order valence-electron chi connectivity index (χ4n) is 2.76. The topological polar surface area (TPSA) is 68.9 Å². The van der Waals surface area contributed by atoms with E-state index >= 15 is 0 Å². The van der Waals surface area contributed by atoms with E-state index in [0.717, 1.165) is 21.5 Å². The van der Waals surface area contributed by atoms with Gasteiger partial charge in [0.1, 0.15) is 13.2 Å². The summed E-state index contributed by atoms with van der Waals surface area (Å²) in [6.45, 7) is 1.69. The van der Waals surface area contributed by atoms with E-state index in [1.54, 1.807) is 0 Å². The smallest absolute Gasteiger partial charge is 0.189 e. The molecular formula is C15H20BrN3O2. The molecule has 0 atom stereocenters. The number of aliphatic imine (C=N–C) groups is 1. The largest absolute Gasteiger partial charge is 0.486 e. The minimum atomic E-state index is 0.487. The van der Waals surface area contributed by atoms with Crippen molar-refractivity contribution in [3.05, 3.63) is 22.2 Å². The summed E-state index contributed by atoms with van der Waals surface area (Å²) in [4.78, 5) is 4.41. The van der Waals surface area contributed by atoms with Gasteiger partial charge < -0.3 is 20.5 Å². The van der Waals surface area contributed by atoms with Crippen LogP contribution in [0.15, 0.2) is 21.6 Å². The summed E-state index contributed by atoms with van der Waals surface area (Å²) in [5.41, 5.74) is 6.99. The zero-order valence-corrected chi connectivity index (χ0v) is 13.5. The predicted molar refractivity (Wildman–Crippen MR) is 85.9 cm³/mol. The van der Waals surface area contributed by atoms with Crippen LogP contribution in [0.5, 0.6) is 11.5 Å². The lowest BCUT2D eigenvalue weighted by atomic mass is 10.2. The van der Waals surface area contributed by atoms with Crippen molar-refractivity contribution >= 4 is 21.9 Å². The number of nitrogens with two attached hydrogens (primary N) is 1. The van der Waals surface area contributed by atoms with Gasteiger partial charge in [0.15, 0.2) is 17.5 Å². The molecule has 0 unspecified atom stereocenters. The van der Waals surface area contributed by atoms with E-state index in [4.69, 9.17) is 15.2 Å². The van der Waals surface area contributed by atoms with Crippen LogP contribution in [0.2, 0.25) is 0 Å². The van der Waals surface area contributed by atoms with Crippen LogP contribution in [0.4, 0.5) is 0 Å². The van der Waals surface area contributed by atoms with Crippen molar-refractivity contribution in [3.63, 3.8) is 0 Å². The molecule has 1 aromatic rings. The maximum absolute atomic E-state index is 5.95. The summed E-state index contributed by atoms with van der Waals surface area (Å²) >= 11 is 3.51. The molecule has 1 heterocycles. The van der Waals surface area contributed by atoms with Crippen LogP contribution in [0, 0.1) is 0 Å². The van der Waals surface area contributed by atoms with Crippen molar-refractivity contribution in [1.29, 1.82) is 0 Å². The number of fused-ring (bicyclic) bond motifs is 1. The Hall–Kier alpha value is -1.43. The molecule has 0 bridgehead atoms. The third-order valence-corrected chi connectivity index (χ3v) is 4.38. The number of nitrogens with zero attached hydrogens (tertiary/aromatic N) is 1. The standard InChI is InChI=1S/C15H20BrN3O2/c16-12-7-10(8-13-14(12)21-6-5-20-13)9-18-15(17)19-11-3-1-2-4-11/h7-8,11H,1-6,9H2,(H3,17,18,19). The number of guanidine groups is 1. The molecule has 3 rings (SSSR count). The molecule has 114 valence electrons. The molecule has 0 aromatic heterocycles. The summed E-state index contributed by atoms with van der Waals surface area (Å²) in [7, 11) is 0. The van der Waals surface area contributed by atoms with Crippen molar-refractivity contribution in [1.82, 2.24) is 5.32 Å². The number of halogens is 1. The highest BCUT2D eigenvalue weighted by atomic mass is 79.9. The molecule has 5 nitrogen and oxygen atoms in total. The van der Waals surface area contributed by atoms with Gasteiger partial charge in [0.25, 0.3) is 0 Å². The highest BCUT2D eigenvalue weighted by Gasteiger charge is 2.17. The normalized spacial score (nSPS) is 18.8. The van der Waals surface area contributed by atoms with Gasteiger partial charge in [0, 0.05) is 6.04 Å². The first-order chi connectivity index (χ1) is 10.2. The van der Waals surface area contributed by atoms with E-state index < -0.39 is 0 Å². The maximum Gasteiger partial charge on any atom is 0.189 e. The number of hydrogen-bond acceptors (Lipinski definition) is 3. The Morgan fingerprint density at radius 2 is 2.05 bits per heavy atom. The molecule has 0 spiro atoms. The molecule has 6 heteroatoms. The molecule has 0 amide bonds. The van der Waals surface area contributed by atoms with Gasteiger partial charge >= 0.3 is 0 Å². The van der Waals surface area contributed by atoms with Crippen molar-refractivity contribution < 1.29 is 9.47 Å². The van der Waals surface area contributed by atoms with Crippen LogP contribution in [0.1, 0.15) is 31.2 Å². The molecule has 21 heavy (non-hydrogen) atoms. The van der Waals surface area contributed by atoms with Gasteiger partial charge in [0.2, 0.25) is 0 Å². The lowest BCUT2D eigenvalue weighted by Crippen LogP contribution is -2.38. The van der Waals surface area contributed by atoms with Crippen LogP contribution in [0.3, 0.4) is 0 Å². The number of benzene rings is 1. The molecule has 2 aliphatic rings. The minimum Gasteiger partial charge on any atom is -0.486 e. The number of ether oxygens (including phenoxy) is 2. The Morgan fingerprint density at radius 1 is 1.29 bits per heavy atom. The van der Waals surface area contributed by atoms with Crippen molar-refractivity contribution in [2.24, 2.45) is 10.7 Å². The van der Waals surface area contributed by atoms with Gasteiger partial charge in [-0.05, 0) is 46.5 Å². The van der Waals surface area contributed by atoms with Crippen LogP contribution < -0.4 is 20.5 Å². The van der Waals surface area contributed by atoms with Crippen LogP contribution in [0.25, 0.3) is 0 Å². The average Bonchev–Trinajstić information content (AvgIpc) is 2.98. The minimum absolute atomic E-state index is 0.487. The van der Waals surface area contributed by atoms with Crippen LogP contribution in [-0.4, -0.2) is 25.2 Å². The summed E-state index contributed by atoms with van der Waals surface area (Å²) < 4.78 is 12.1. The molecule has 3 N–H and O–H groups in total. The van der Waals surface area contributed by atoms with Crippen LogP contribution >= 0.6 is 15.9 Å². The predicted octanol–water partition coefficient (Wildman–Crippen LogP) is 2.57. The number of hydrogen-bond donors (Lipinski definition) is 2.